The van der Waals surface area contributed by atoms with Gasteiger partial charge < -0.3 is 11.1 Å². The Balaban J connectivity index is 1.97. The topological polar surface area (TPSA) is 58.4 Å². The van der Waals surface area contributed by atoms with Crippen LogP contribution in [0, 0.1) is 0 Å². The molecule has 2 aromatic carbocycles. The molecule has 0 aliphatic rings. The third-order valence-corrected chi connectivity index (χ3v) is 3.91. The van der Waals surface area contributed by atoms with Crippen LogP contribution in [0.2, 0.25) is 0 Å². The summed E-state index contributed by atoms with van der Waals surface area (Å²) in [6, 6.07) is 15.8. The zero-order valence-corrected chi connectivity index (χ0v) is 14.0. The molecule has 1 amide bonds. The second kappa shape index (κ2) is 7.79. The molecule has 0 aromatic heterocycles. The summed E-state index contributed by atoms with van der Waals surface area (Å²) in [5.41, 5.74) is 9.23. The van der Waals surface area contributed by atoms with E-state index in [0.717, 1.165) is 12.1 Å². The number of rotatable bonds is 6. The van der Waals surface area contributed by atoms with E-state index in [-0.39, 0.29) is 5.91 Å². The highest BCUT2D eigenvalue weighted by molar-refractivity contribution is 5.94. The average molecular weight is 311 g/mol. The number of amides is 1. The summed E-state index contributed by atoms with van der Waals surface area (Å²) in [5, 5.41) is 2.94. The van der Waals surface area contributed by atoms with Crippen molar-refractivity contribution in [3.8, 4) is 0 Å². The molecule has 4 nitrogen and oxygen atoms in total. The standard InChI is InChI=1S/C19H25N3O/c1-14(2)22(3)13-16-7-4-6-15(10-16)12-21-19(23)17-8-5-9-18(20)11-17/h4-11,14H,12-13,20H2,1-3H3,(H,21,23). The van der Waals surface area contributed by atoms with E-state index in [1.54, 1.807) is 24.3 Å². The molecule has 2 rings (SSSR count). The predicted octanol–water partition coefficient (Wildman–Crippen LogP) is 3.04. The predicted molar refractivity (Wildman–Crippen MR) is 95.1 cm³/mol. The van der Waals surface area contributed by atoms with E-state index in [9.17, 15) is 4.79 Å². The number of nitrogens with zero attached hydrogens (tertiary/aromatic N) is 1. The Morgan fingerprint density at radius 3 is 2.52 bits per heavy atom. The molecule has 122 valence electrons. The highest BCUT2D eigenvalue weighted by Gasteiger charge is 2.07. The average Bonchev–Trinajstić information content (AvgIpc) is 2.53. The maximum absolute atomic E-state index is 12.1. The second-order valence-corrected chi connectivity index (χ2v) is 6.14. The first-order valence-electron chi connectivity index (χ1n) is 7.87. The fraction of sp³-hybridized carbons (Fsp3) is 0.316. The minimum absolute atomic E-state index is 0.109. The van der Waals surface area contributed by atoms with Gasteiger partial charge in [0.15, 0.2) is 0 Å². The van der Waals surface area contributed by atoms with Crippen molar-refractivity contribution in [2.75, 3.05) is 12.8 Å². The van der Waals surface area contributed by atoms with Crippen molar-refractivity contribution in [1.82, 2.24) is 10.2 Å². The molecule has 0 atom stereocenters. The van der Waals surface area contributed by atoms with Crippen LogP contribution in [0.15, 0.2) is 48.5 Å². The maximum atomic E-state index is 12.1. The molecular weight excluding hydrogens is 286 g/mol. The Bertz CT molecular complexity index is 667. The van der Waals surface area contributed by atoms with Crippen molar-refractivity contribution in [2.24, 2.45) is 0 Å². The van der Waals surface area contributed by atoms with E-state index >= 15 is 0 Å². The molecule has 0 aliphatic carbocycles. The number of hydrogen-bond acceptors (Lipinski definition) is 3. The number of nitrogens with two attached hydrogens (primary N) is 1. The first kappa shape index (κ1) is 17.0. The van der Waals surface area contributed by atoms with Crippen LogP contribution in [-0.2, 0) is 13.1 Å². The third kappa shape index (κ3) is 5.11. The van der Waals surface area contributed by atoms with Crippen LogP contribution in [0.25, 0.3) is 0 Å². The molecule has 0 bridgehead atoms. The molecule has 4 heteroatoms. The van der Waals surface area contributed by atoms with Gasteiger partial charge in [-0.3, -0.25) is 9.69 Å². The summed E-state index contributed by atoms with van der Waals surface area (Å²) in [5.74, 6) is -0.109. The Labute approximate surface area is 138 Å². The molecule has 0 spiro atoms. The van der Waals surface area contributed by atoms with Crippen molar-refractivity contribution in [3.05, 3.63) is 65.2 Å². The smallest absolute Gasteiger partial charge is 0.251 e. The number of nitrogen functional groups attached to an aromatic ring is 1. The normalized spacial score (nSPS) is 11.0. The number of anilines is 1. The summed E-state index contributed by atoms with van der Waals surface area (Å²) in [7, 11) is 2.11. The van der Waals surface area contributed by atoms with Gasteiger partial charge in [0.2, 0.25) is 0 Å². The van der Waals surface area contributed by atoms with E-state index in [4.69, 9.17) is 5.73 Å². The Kier molecular flexibility index (Phi) is 5.77. The second-order valence-electron chi connectivity index (χ2n) is 6.14. The van der Waals surface area contributed by atoms with Crippen LogP contribution < -0.4 is 11.1 Å². The maximum Gasteiger partial charge on any atom is 0.251 e. The van der Waals surface area contributed by atoms with Crippen LogP contribution in [0.1, 0.15) is 35.3 Å². The lowest BCUT2D eigenvalue weighted by atomic mass is 10.1. The van der Waals surface area contributed by atoms with Crippen molar-refractivity contribution in [3.63, 3.8) is 0 Å². The zero-order chi connectivity index (χ0) is 16.8. The van der Waals surface area contributed by atoms with Crippen LogP contribution in [0.3, 0.4) is 0 Å². The minimum Gasteiger partial charge on any atom is -0.399 e. The lowest BCUT2D eigenvalue weighted by Gasteiger charge is -2.21. The van der Waals surface area contributed by atoms with Gasteiger partial charge in [-0.05, 0) is 50.2 Å². The first-order valence-corrected chi connectivity index (χ1v) is 7.87. The Morgan fingerprint density at radius 2 is 1.83 bits per heavy atom. The fourth-order valence-electron chi connectivity index (χ4n) is 2.27. The summed E-state index contributed by atoms with van der Waals surface area (Å²) >= 11 is 0. The van der Waals surface area contributed by atoms with E-state index in [1.165, 1.54) is 5.56 Å². The van der Waals surface area contributed by atoms with Crippen LogP contribution in [0.5, 0.6) is 0 Å². The van der Waals surface area contributed by atoms with Crippen molar-refractivity contribution in [2.45, 2.75) is 33.0 Å². The quantitative estimate of drug-likeness (QED) is 0.806. The summed E-state index contributed by atoms with van der Waals surface area (Å²) in [6.45, 7) is 5.76. The number of benzene rings is 2. The highest BCUT2D eigenvalue weighted by atomic mass is 16.1. The van der Waals surface area contributed by atoms with Crippen molar-refractivity contribution in [1.29, 1.82) is 0 Å². The Morgan fingerprint density at radius 1 is 1.13 bits per heavy atom. The van der Waals surface area contributed by atoms with Gasteiger partial charge in [-0.25, -0.2) is 0 Å². The van der Waals surface area contributed by atoms with Crippen molar-refractivity contribution >= 4 is 11.6 Å². The van der Waals surface area contributed by atoms with E-state index in [2.05, 4.69) is 43.2 Å². The van der Waals surface area contributed by atoms with Crippen LogP contribution in [-0.4, -0.2) is 23.9 Å². The van der Waals surface area contributed by atoms with Crippen LogP contribution >= 0.6 is 0 Å². The minimum atomic E-state index is -0.109. The fourth-order valence-corrected chi connectivity index (χ4v) is 2.27. The largest absolute Gasteiger partial charge is 0.399 e. The Hall–Kier alpha value is -2.33. The number of carbonyl (C=O) groups excluding carboxylic acids is 1. The number of hydrogen-bond donors (Lipinski definition) is 2. The molecule has 3 N–H and O–H groups in total. The molecule has 0 saturated carbocycles. The first-order chi connectivity index (χ1) is 11.0. The molecule has 0 saturated heterocycles. The van der Waals surface area contributed by atoms with Crippen molar-refractivity contribution < 1.29 is 4.79 Å². The molecule has 0 radical (unpaired) electrons. The lowest BCUT2D eigenvalue weighted by Crippen LogP contribution is -2.26. The molecule has 0 heterocycles. The molecule has 0 fully saturated rings. The summed E-state index contributed by atoms with van der Waals surface area (Å²) < 4.78 is 0. The molecule has 0 aliphatic heterocycles. The monoisotopic (exact) mass is 311 g/mol. The van der Waals surface area contributed by atoms with E-state index in [1.807, 2.05) is 12.1 Å². The molecule has 23 heavy (non-hydrogen) atoms. The third-order valence-electron chi connectivity index (χ3n) is 3.91. The van der Waals surface area contributed by atoms with Gasteiger partial charge in [-0.2, -0.15) is 0 Å². The van der Waals surface area contributed by atoms with Gasteiger partial charge in [0.1, 0.15) is 0 Å². The van der Waals surface area contributed by atoms with Gasteiger partial charge in [0, 0.05) is 30.4 Å². The van der Waals surface area contributed by atoms with Gasteiger partial charge in [0.05, 0.1) is 0 Å². The molecular formula is C19H25N3O. The van der Waals surface area contributed by atoms with Gasteiger partial charge >= 0.3 is 0 Å². The van der Waals surface area contributed by atoms with E-state index in [0.29, 0.717) is 23.8 Å². The van der Waals surface area contributed by atoms with Crippen LogP contribution in [0.4, 0.5) is 5.69 Å². The van der Waals surface area contributed by atoms with Gasteiger partial charge in [-0.15, -0.1) is 0 Å². The zero-order valence-electron chi connectivity index (χ0n) is 14.0. The van der Waals surface area contributed by atoms with E-state index < -0.39 is 0 Å². The summed E-state index contributed by atoms with van der Waals surface area (Å²) in [4.78, 5) is 14.4. The molecule has 2 aromatic rings. The van der Waals surface area contributed by atoms with Gasteiger partial charge in [0.25, 0.3) is 5.91 Å². The molecule has 0 unspecified atom stereocenters. The van der Waals surface area contributed by atoms with Gasteiger partial charge in [-0.1, -0.05) is 30.3 Å². The SMILES string of the molecule is CC(C)N(C)Cc1cccc(CNC(=O)c2cccc(N)c2)c1. The lowest BCUT2D eigenvalue weighted by molar-refractivity contribution is 0.0951. The number of carbonyl (C=O) groups is 1. The highest BCUT2D eigenvalue weighted by Crippen LogP contribution is 2.10. The summed E-state index contributed by atoms with van der Waals surface area (Å²) in [6.07, 6.45) is 0. The number of nitrogens with one attached hydrogen (secondary N) is 1.